The van der Waals surface area contributed by atoms with Gasteiger partial charge in [-0.15, -0.1) is 0 Å². The number of hydrogen-bond acceptors (Lipinski definition) is 4. The number of carbonyl (C=O) groups is 2. The third-order valence-corrected chi connectivity index (χ3v) is 3.16. The minimum absolute atomic E-state index is 0.103. The first kappa shape index (κ1) is 13.5. The van der Waals surface area contributed by atoms with Crippen LogP contribution in [0.25, 0.3) is 0 Å². The van der Waals surface area contributed by atoms with E-state index in [9.17, 15) is 9.59 Å². The maximum absolute atomic E-state index is 12.1. The summed E-state index contributed by atoms with van der Waals surface area (Å²) in [6, 6.07) is 6.79. The lowest BCUT2D eigenvalue weighted by atomic mass is 10.0. The minimum atomic E-state index is -0.466. The van der Waals surface area contributed by atoms with Gasteiger partial charge in [0.1, 0.15) is 0 Å². The van der Waals surface area contributed by atoms with Crippen molar-refractivity contribution in [3.8, 4) is 0 Å². The van der Waals surface area contributed by atoms with Gasteiger partial charge in [0.15, 0.2) is 0 Å². The highest BCUT2D eigenvalue weighted by molar-refractivity contribution is 6.01. The SMILES string of the molecule is COC(=O)c1ccccc1NC(=O)C1COC(C)C1. The van der Waals surface area contributed by atoms with Crippen LogP contribution < -0.4 is 5.32 Å². The van der Waals surface area contributed by atoms with Crippen molar-refractivity contribution in [2.45, 2.75) is 19.4 Å². The van der Waals surface area contributed by atoms with Crippen LogP contribution in [0.1, 0.15) is 23.7 Å². The Kier molecular flexibility index (Phi) is 4.16. The van der Waals surface area contributed by atoms with E-state index in [0.29, 0.717) is 24.3 Å². The molecule has 2 unspecified atom stereocenters. The third-order valence-electron chi connectivity index (χ3n) is 3.16. The first-order chi connectivity index (χ1) is 9.11. The molecule has 1 saturated heterocycles. The summed E-state index contributed by atoms with van der Waals surface area (Å²) < 4.78 is 10.1. The summed E-state index contributed by atoms with van der Waals surface area (Å²) >= 11 is 0. The largest absolute Gasteiger partial charge is 0.465 e. The zero-order chi connectivity index (χ0) is 13.8. The molecule has 5 nitrogen and oxygen atoms in total. The van der Waals surface area contributed by atoms with Gasteiger partial charge < -0.3 is 14.8 Å². The Morgan fingerprint density at radius 2 is 2.11 bits per heavy atom. The molecule has 0 aliphatic carbocycles. The second kappa shape index (κ2) is 5.84. The molecular formula is C14H17NO4. The minimum Gasteiger partial charge on any atom is -0.465 e. The van der Waals surface area contributed by atoms with Crippen LogP contribution in [0.3, 0.4) is 0 Å². The molecule has 0 bridgehead atoms. The number of ether oxygens (including phenoxy) is 2. The lowest BCUT2D eigenvalue weighted by molar-refractivity contribution is -0.119. The average Bonchev–Trinajstić information content (AvgIpc) is 2.85. The van der Waals surface area contributed by atoms with Crippen LogP contribution in [0.4, 0.5) is 5.69 Å². The number of anilines is 1. The lowest BCUT2D eigenvalue weighted by Gasteiger charge is -2.12. The summed E-state index contributed by atoms with van der Waals surface area (Å²) in [5, 5.41) is 2.77. The maximum Gasteiger partial charge on any atom is 0.339 e. The summed E-state index contributed by atoms with van der Waals surface area (Å²) in [5.74, 6) is -0.756. The molecule has 0 radical (unpaired) electrons. The lowest BCUT2D eigenvalue weighted by Crippen LogP contribution is -2.24. The van der Waals surface area contributed by atoms with Gasteiger partial charge in [-0.1, -0.05) is 12.1 Å². The Bertz CT molecular complexity index is 486. The zero-order valence-corrected chi connectivity index (χ0v) is 11.0. The number of benzene rings is 1. The molecule has 0 spiro atoms. The van der Waals surface area contributed by atoms with Crippen LogP contribution in [-0.2, 0) is 14.3 Å². The number of rotatable bonds is 3. The molecule has 1 fully saturated rings. The van der Waals surface area contributed by atoms with Gasteiger partial charge in [0.05, 0.1) is 37.0 Å². The van der Waals surface area contributed by atoms with Crippen LogP contribution in [-0.4, -0.2) is 31.7 Å². The Morgan fingerprint density at radius 1 is 1.37 bits per heavy atom. The molecule has 19 heavy (non-hydrogen) atoms. The average molecular weight is 263 g/mol. The van der Waals surface area contributed by atoms with Crippen molar-refractivity contribution in [3.05, 3.63) is 29.8 Å². The van der Waals surface area contributed by atoms with Gasteiger partial charge in [-0.3, -0.25) is 4.79 Å². The van der Waals surface area contributed by atoms with Crippen molar-refractivity contribution in [2.75, 3.05) is 19.0 Å². The van der Waals surface area contributed by atoms with Crippen molar-refractivity contribution < 1.29 is 19.1 Å². The van der Waals surface area contributed by atoms with Gasteiger partial charge in [0, 0.05) is 0 Å². The number of carbonyl (C=O) groups excluding carboxylic acids is 2. The van der Waals surface area contributed by atoms with Gasteiger partial charge in [-0.25, -0.2) is 4.79 Å². The highest BCUT2D eigenvalue weighted by Crippen LogP contribution is 2.22. The first-order valence-corrected chi connectivity index (χ1v) is 6.21. The molecule has 1 aliphatic heterocycles. The van der Waals surface area contributed by atoms with E-state index >= 15 is 0 Å². The summed E-state index contributed by atoms with van der Waals surface area (Å²) in [5.41, 5.74) is 0.823. The molecule has 1 N–H and O–H groups in total. The van der Waals surface area contributed by atoms with E-state index in [1.807, 2.05) is 6.92 Å². The molecule has 2 rings (SSSR count). The van der Waals surface area contributed by atoms with Gasteiger partial charge in [-0.05, 0) is 25.5 Å². The number of para-hydroxylation sites is 1. The Hall–Kier alpha value is -1.88. The molecule has 1 heterocycles. The number of esters is 1. The number of nitrogens with one attached hydrogen (secondary N) is 1. The highest BCUT2D eigenvalue weighted by Gasteiger charge is 2.28. The fourth-order valence-corrected chi connectivity index (χ4v) is 2.11. The molecule has 2 atom stereocenters. The van der Waals surface area contributed by atoms with Crippen molar-refractivity contribution in [2.24, 2.45) is 5.92 Å². The standard InChI is InChI=1S/C14H17NO4/c1-9-7-10(8-19-9)13(16)15-12-6-4-3-5-11(12)14(17)18-2/h3-6,9-10H,7-8H2,1-2H3,(H,15,16). The Morgan fingerprint density at radius 3 is 2.74 bits per heavy atom. The first-order valence-electron chi connectivity index (χ1n) is 6.21. The van der Waals surface area contributed by atoms with Crippen molar-refractivity contribution in [1.82, 2.24) is 0 Å². The molecule has 0 aromatic heterocycles. The molecule has 1 aromatic rings. The second-order valence-corrected chi connectivity index (χ2v) is 4.60. The van der Waals surface area contributed by atoms with Crippen molar-refractivity contribution in [1.29, 1.82) is 0 Å². The molecular weight excluding hydrogens is 246 g/mol. The van der Waals surface area contributed by atoms with Crippen LogP contribution >= 0.6 is 0 Å². The topological polar surface area (TPSA) is 64.6 Å². The van der Waals surface area contributed by atoms with Crippen LogP contribution in [0.5, 0.6) is 0 Å². The Balaban J connectivity index is 2.10. The summed E-state index contributed by atoms with van der Waals surface area (Å²) in [6.07, 6.45) is 0.804. The van der Waals surface area contributed by atoms with Gasteiger partial charge >= 0.3 is 5.97 Å². The van der Waals surface area contributed by atoms with E-state index in [1.54, 1.807) is 24.3 Å². The Labute approximate surface area is 111 Å². The van der Waals surface area contributed by atoms with E-state index in [4.69, 9.17) is 4.74 Å². The van der Waals surface area contributed by atoms with E-state index in [1.165, 1.54) is 7.11 Å². The summed E-state index contributed by atoms with van der Waals surface area (Å²) in [6.45, 7) is 2.36. The molecule has 1 amide bonds. The highest BCUT2D eigenvalue weighted by atomic mass is 16.5. The van der Waals surface area contributed by atoms with Gasteiger partial charge in [0.25, 0.3) is 0 Å². The van der Waals surface area contributed by atoms with Gasteiger partial charge in [0.2, 0.25) is 5.91 Å². The van der Waals surface area contributed by atoms with Gasteiger partial charge in [-0.2, -0.15) is 0 Å². The predicted octanol–water partition coefficient (Wildman–Crippen LogP) is 1.84. The van der Waals surface area contributed by atoms with Crippen LogP contribution in [0.2, 0.25) is 0 Å². The van der Waals surface area contributed by atoms with Crippen molar-refractivity contribution >= 4 is 17.6 Å². The van der Waals surface area contributed by atoms with E-state index < -0.39 is 5.97 Å². The quantitative estimate of drug-likeness (QED) is 0.845. The van der Waals surface area contributed by atoms with Crippen LogP contribution in [0.15, 0.2) is 24.3 Å². The third kappa shape index (κ3) is 3.12. The molecule has 1 aromatic carbocycles. The van der Waals surface area contributed by atoms with Crippen molar-refractivity contribution in [3.63, 3.8) is 0 Å². The normalized spacial score (nSPS) is 22.0. The smallest absolute Gasteiger partial charge is 0.339 e. The fourth-order valence-electron chi connectivity index (χ4n) is 2.11. The van der Waals surface area contributed by atoms with E-state index in [0.717, 1.165) is 0 Å². The molecule has 102 valence electrons. The molecule has 0 saturated carbocycles. The second-order valence-electron chi connectivity index (χ2n) is 4.60. The van der Waals surface area contributed by atoms with E-state index in [-0.39, 0.29) is 17.9 Å². The zero-order valence-electron chi connectivity index (χ0n) is 11.0. The summed E-state index contributed by atoms with van der Waals surface area (Å²) in [7, 11) is 1.31. The fraction of sp³-hybridized carbons (Fsp3) is 0.429. The number of methoxy groups -OCH3 is 1. The molecule has 1 aliphatic rings. The maximum atomic E-state index is 12.1. The summed E-state index contributed by atoms with van der Waals surface area (Å²) in [4.78, 5) is 23.7. The monoisotopic (exact) mass is 263 g/mol. The number of amides is 1. The molecule has 5 heteroatoms. The van der Waals surface area contributed by atoms with E-state index in [2.05, 4.69) is 10.1 Å². The predicted molar refractivity (Wildman–Crippen MR) is 69.9 cm³/mol. The number of hydrogen-bond donors (Lipinski definition) is 1. The van der Waals surface area contributed by atoms with Crippen LogP contribution in [0, 0.1) is 5.92 Å².